The average Bonchev–Trinajstić information content (AvgIpc) is 2.24. The fourth-order valence-electron chi connectivity index (χ4n) is 1.48. The molecule has 1 rings (SSSR count). The first kappa shape index (κ1) is 14.6. The molecule has 0 fully saturated rings. The SMILES string of the molecule is CN(CCC(F)(F)F)c1c(Cl)cccc1C(=O)O. The molecule has 7 heteroatoms. The summed E-state index contributed by atoms with van der Waals surface area (Å²) in [5, 5.41) is 9.07. The number of rotatable bonds is 4. The van der Waals surface area contributed by atoms with Crippen molar-refractivity contribution in [1.82, 2.24) is 0 Å². The smallest absolute Gasteiger partial charge is 0.390 e. The van der Waals surface area contributed by atoms with Crippen LogP contribution in [-0.2, 0) is 0 Å². The zero-order valence-corrected chi connectivity index (χ0v) is 10.2. The molecule has 0 heterocycles. The maximum absolute atomic E-state index is 12.1. The number of hydrogen-bond donors (Lipinski definition) is 1. The summed E-state index contributed by atoms with van der Waals surface area (Å²) in [6, 6.07) is 4.17. The Kier molecular flexibility index (Phi) is 4.45. The average molecular weight is 282 g/mol. The van der Waals surface area contributed by atoms with Gasteiger partial charge in [-0.15, -0.1) is 0 Å². The van der Waals surface area contributed by atoms with E-state index in [1.807, 2.05) is 0 Å². The molecule has 0 unspecified atom stereocenters. The van der Waals surface area contributed by atoms with Crippen molar-refractivity contribution in [3.8, 4) is 0 Å². The molecule has 0 saturated heterocycles. The van der Waals surface area contributed by atoms with Crippen LogP contribution in [0.2, 0.25) is 5.02 Å². The number of hydrogen-bond acceptors (Lipinski definition) is 2. The minimum Gasteiger partial charge on any atom is -0.478 e. The Morgan fingerprint density at radius 3 is 2.56 bits per heavy atom. The van der Waals surface area contributed by atoms with E-state index in [4.69, 9.17) is 16.7 Å². The van der Waals surface area contributed by atoms with Crippen LogP contribution < -0.4 is 4.90 Å². The van der Waals surface area contributed by atoms with Crippen molar-refractivity contribution in [1.29, 1.82) is 0 Å². The highest BCUT2D eigenvalue weighted by atomic mass is 35.5. The lowest BCUT2D eigenvalue weighted by Crippen LogP contribution is -2.25. The fraction of sp³-hybridized carbons (Fsp3) is 0.364. The first-order chi connectivity index (χ1) is 8.22. The summed E-state index contributed by atoms with van der Waals surface area (Å²) in [6.07, 6.45) is -5.33. The molecule has 1 aromatic carbocycles. The molecule has 0 spiro atoms. The summed E-state index contributed by atoms with van der Waals surface area (Å²) in [5.41, 5.74) is -0.0249. The predicted molar refractivity (Wildman–Crippen MR) is 62.4 cm³/mol. The maximum Gasteiger partial charge on any atom is 0.390 e. The quantitative estimate of drug-likeness (QED) is 0.919. The number of anilines is 1. The van der Waals surface area contributed by atoms with Crippen molar-refractivity contribution in [2.45, 2.75) is 12.6 Å². The van der Waals surface area contributed by atoms with Gasteiger partial charge >= 0.3 is 12.1 Å². The number of alkyl halides is 3. The van der Waals surface area contributed by atoms with Gasteiger partial charge in [0.1, 0.15) is 0 Å². The zero-order valence-electron chi connectivity index (χ0n) is 9.46. The van der Waals surface area contributed by atoms with Crippen molar-refractivity contribution in [2.75, 3.05) is 18.5 Å². The van der Waals surface area contributed by atoms with E-state index in [-0.39, 0.29) is 22.8 Å². The van der Waals surface area contributed by atoms with Crippen LogP contribution in [0, 0.1) is 0 Å². The molecule has 0 amide bonds. The standard InChI is InChI=1S/C11H11ClF3NO2/c1-16(6-5-11(13,14)15)9-7(10(17)18)3-2-4-8(9)12/h2-4H,5-6H2,1H3,(H,17,18). The number of carboxylic acids is 1. The molecule has 0 bridgehead atoms. The lowest BCUT2D eigenvalue weighted by atomic mass is 10.1. The normalized spacial score (nSPS) is 11.4. The molecule has 0 aliphatic carbocycles. The van der Waals surface area contributed by atoms with Crippen LogP contribution in [0.5, 0.6) is 0 Å². The van der Waals surface area contributed by atoms with Crippen molar-refractivity contribution in [3.63, 3.8) is 0 Å². The molecule has 1 N–H and O–H groups in total. The second kappa shape index (κ2) is 5.48. The largest absolute Gasteiger partial charge is 0.478 e. The van der Waals surface area contributed by atoms with Gasteiger partial charge < -0.3 is 10.0 Å². The molecule has 0 saturated carbocycles. The third-order valence-corrected chi connectivity index (χ3v) is 2.63. The number of carbonyl (C=O) groups is 1. The molecular weight excluding hydrogens is 271 g/mol. The van der Waals surface area contributed by atoms with Gasteiger partial charge in [-0.05, 0) is 12.1 Å². The summed E-state index contributed by atoms with van der Waals surface area (Å²) >= 11 is 5.83. The topological polar surface area (TPSA) is 40.5 Å². The highest BCUT2D eigenvalue weighted by Crippen LogP contribution is 2.30. The van der Waals surface area contributed by atoms with Gasteiger partial charge in [0.2, 0.25) is 0 Å². The second-order valence-electron chi connectivity index (χ2n) is 3.73. The Morgan fingerprint density at radius 1 is 1.44 bits per heavy atom. The molecule has 100 valence electrons. The fourth-order valence-corrected chi connectivity index (χ4v) is 1.80. The number of nitrogens with zero attached hydrogens (tertiary/aromatic N) is 1. The van der Waals surface area contributed by atoms with Crippen LogP contribution in [0.4, 0.5) is 18.9 Å². The van der Waals surface area contributed by atoms with E-state index in [0.717, 1.165) is 0 Å². The van der Waals surface area contributed by atoms with Crippen LogP contribution in [0.3, 0.4) is 0 Å². The summed E-state index contributed by atoms with van der Waals surface area (Å²) in [6.45, 7) is -0.354. The Balaban J connectivity index is 2.97. The monoisotopic (exact) mass is 281 g/mol. The van der Waals surface area contributed by atoms with Gasteiger partial charge in [-0.2, -0.15) is 13.2 Å². The van der Waals surface area contributed by atoms with E-state index in [1.165, 1.54) is 30.1 Å². The van der Waals surface area contributed by atoms with Crippen molar-refractivity contribution in [3.05, 3.63) is 28.8 Å². The number of para-hydroxylation sites is 1. The molecule has 0 atom stereocenters. The minimum absolute atomic E-state index is 0.0934. The first-order valence-electron chi connectivity index (χ1n) is 5.02. The lowest BCUT2D eigenvalue weighted by molar-refractivity contribution is -0.132. The molecule has 0 radical (unpaired) electrons. The van der Waals surface area contributed by atoms with Crippen molar-refractivity contribution < 1.29 is 23.1 Å². The third kappa shape index (κ3) is 3.80. The van der Waals surface area contributed by atoms with Gasteiger partial charge in [-0.3, -0.25) is 0 Å². The van der Waals surface area contributed by atoms with Crippen LogP contribution in [0.15, 0.2) is 18.2 Å². The van der Waals surface area contributed by atoms with Crippen molar-refractivity contribution in [2.24, 2.45) is 0 Å². The number of benzene rings is 1. The predicted octanol–water partition coefficient (Wildman–Crippen LogP) is 3.43. The summed E-state index contributed by atoms with van der Waals surface area (Å²) in [7, 11) is 1.37. The summed E-state index contributed by atoms with van der Waals surface area (Å²) < 4.78 is 36.3. The van der Waals surface area contributed by atoms with E-state index in [1.54, 1.807) is 0 Å². The number of aromatic carboxylic acids is 1. The van der Waals surface area contributed by atoms with Crippen molar-refractivity contribution >= 4 is 23.3 Å². The van der Waals surface area contributed by atoms with Gasteiger partial charge in [0.05, 0.1) is 22.7 Å². The Morgan fingerprint density at radius 2 is 2.06 bits per heavy atom. The zero-order chi connectivity index (χ0) is 13.9. The molecule has 0 aliphatic rings. The maximum atomic E-state index is 12.1. The van der Waals surface area contributed by atoms with Gasteiger partial charge in [0.15, 0.2) is 0 Å². The molecule has 0 aromatic heterocycles. The highest BCUT2D eigenvalue weighted by molar-refractivity contribution is 6.34. The van der Waals surface area contributed by atoms with Gasteiger partial charge in [-0.1, -0.05) is 17.7 Å². The summed E-state index contributed by atoms with van der Waals surface area (Å²) in [5.74, 6) is -1.23. The summed E-state index contributed by atoms with van der Waals surface area (Å²) in [4.78, 5) is 12.2. The Labute approximate surface area is 107 Å². The second-order valence-corrected chi connectivity index (χ2v) is 4.14. The van der Waals surface area contributed by atoms with E-state index < -0.39 is 18.6 Å². The van der Waals surface area contributed by atoms with E-state index in [2.05, 4.69) is 0 Å². The minimum atomic E-state index is -4.29. The van der Waals surface area contributed by atoms with Crippen LogP contribution in [0.1, 0.15) is 16.8 Å². The van der Waals surface area contributed by atoms with Crippen LogP contribution >= 0.6 is 11.6 Å². The van der Waals surface area contributed by atoms with Gasteiger partial charge in [0, 0.05) is 13.6 Å². The van der Waals surface area contributed by atoms with Crippen LogP contribution in [0.25, 0.3) is 0 Å². The molecule has 0 aliphatic heterocycles. The van der Waals surface area contributed by atoms with E-state index in [0.29, 0.717) is 0 Å². The lowest BCUT2D eigenvalue weighted by Gasteiger charge is -2.23. The molecule has 1 aromatic rings. The van der Waals surface area contributed by atoms with E-state index in [9.17, 15) is 18.0 Å². The molecule has 18 heavy (non-hydrogen) atoms. The van der Waals surface area contributed by atoms with Gasteiger partial charge in [0.25, 0.3) is 0 Å². The number of halogens is 4. The molecular formula is C11H11ClF3NO2. The molecule has 3 nitrogen and oxygen atoms in total. The van der Waals surface area contributed by atoms with Crippen LogP contribution in [-0.4, -0.2) is 30.8 Å². The Bertz CT molecular complexity index is 448. The van der Waals surface area contributed by atoms with Gasteiger partial charge in [-0.25, -0.2) is 4.79 Å². The number of carboxylic acid groups (broad SMARTS) is 1. The highest BCUT2D eigenvalue weighted by Gasteiger charge is 2.28. The van der Waals surface area contributed by atoms with E-state index >= 15 is 0 Å². The Hall–Kier alpha value is -1.43. The first-order valence-corrected chi connectivity index (χ1v) is 5.40. The third-order valence-electron chi connectivity index (χ3n) is 2.33.